The molecule has 1 saturated carbocycles. The monoisotopic (exact) mass is 332 g/mol. The third-order valence-electron chi connectivity index (χ3n) is 5.97. The van der Waals surface area contributed by atoms with Crippen molar-refractivity contribution in [3.63, 3.8) is 0 Å². The number of pyridine rings is 1. The Hall–Kier alpha value is -1.62. The van der Waals surface area contributed by atoms with Crippen LogP contribution in [0.1, 0.15) is 33.1 Å². The summed E-state index contributed by atoms with van der Waals surface area (Å²) >= 11 is 0. The summed E-state index contributed by atoms with van der Waals surface area (Å²) in [5.74, 6) is 2.73. The van der Waals surface area contributed by atoms with Crippen molar-refractivity contribution in [3.8, 4) is 0 Å². The summed E-state index contributed by atoms with van der Waals surface area (Å²) in [4.78, 5) is 19.5. The van der Waals surface area contributed by atoms with Crippen LogP contribution in [0, 0.1) is 11.8 Å². The molecule has 1 aliphatic heterocycles. The van der Waals surface area contributed by atoms with Crippen LogP contribution in [0.25, 0.3) is 0 Å². The maximum Gasteiger partial charge on any atom is 0.275 e. The maximum absolute atomic E-state index is 12.4. The van der Waals surface area contributed by atoms with Crippen molar-refractivity contribution in [1.29, 1.82) is 0 Å². The van der Waals surface area contributed by atoms with E-state index in [0.717, 1.165) is 38.5 Å². The van der Waals surface area contributed by atoms with Gasteiger partial charge in [-0.1, -0.05) is 32.8 Å². The molecular weight excluding hydrogens is 300 g/mol. The van der Waals surface area contributed by atoms with Gasteiger partial charge in [0.05, 0.1) is 6.20 Å². The van der Waals surface area contributed by atoms with Crippen molar-refractivity contribution in [1.82, 2.24) is 5.32 Å². The number of aromatic amines is 1. The summed E-state index contributed by atoms with van der Waals surface area (Å²) in [7, 11) is 0. The smallest absolute Gasteiger partial charge is 0.275 e. The van der Waals surface area contributed by atoms with Crippen molar-refractivity contribution in [2.75, 3.05) is 37.6 Å². The summed E-state index contributed by atoms with van der Waals surface area (Å²) in [5, 5.41) is 3.31. The average molecular weight is 332 g/mol. The van der Waals surface area contributed by atoms with Gasteiger partial charge in [-0.2, -0.15) is 0 Å². The quantitative estimate of drug-likeness (QED) is 0.824. The molecule has 2 fully saturated rings. The number of amides is 1. The molecule has 3 N–H and O–H groups in total. The first-order valence-corrected chi connectivity index (χ1v) is 9.48. The number of anilines is 1. The zero-order valence-electron chi connectivity index (χ0n) is 15.1. The molecule has 132 valence electrons. The highest BCUT2D eigenvalue weighted by Crippen LogP contribution is 2.29. The van der Waals surface area contributed by atoms with E-state index in [-0.39, 0.29) is 5.91 Å². The molecular formula is C19H32N4O+2. The molecule has 3 rings (SSSR count). The third-order valence-corrected chi connectivity index (χ3v) is 5.97. The molecule has 1 aromatic heterocycles. The van der Waals surface area contributed by atoms with Crippen LogP contribution in [-0.2, 0) is 4.79 Å². The molecule has 2 heterocycles. The number of H-pyrrole nitrogens is 1. The van der Waals surface area contributed by atoms with E-state index in [1.807, 2.05) is 12.3 Å². The number of nitrogens with one attached hydrogen (secondary N) is 3. The van der Waals surface area contributed by atoms with Gasteiger partial charge in [-0.25, -0.2) is 4.98 Å². The van der Waals surface area contributed by atoms with E-state index in [1.54, 1.807) is 0 Å². The van der Waals surface area contributed by atoms with Crippen molar-refractivity contribution < 1.29 is 14.7 Å². The second kappa shape index (κ2) is 7.97. The van der Waals surface area contributed by atoms with Crippen LogP contribution in [-0.4, -0.2) is 44.7 Å². The Morgan fingerprint density at radius 1 is 1.29 bits per heavy atom. The van der Waals surface area contributed by atoms with Gasteiger partial charge in [0.1, 0.15) is 26.2 Å². The van der Waals surface area contributed by atoms with Crippen LogP contribution >= 0.6 is 0 Å². The van der Waals surface area contributed by atoms with Crippen LogP contribution in [0.4, 0.5) is 5.82 Å². The lowest BCUT2D eigenvalue weighted by Crippen LogP contribution is -3.16. The number of hydrogen-bond donors (Lipinski definition) is 2. The van der Waals surface area contributed by atoms with E-state index in [9.17, 15) is 4.79 Å². The summed E-state index contributed by atoms with van der Waals surface area (Å²) in [6.45, 7) is 9.26. The van der Waals surface area contributed by atoms with Gasteiger partial charge in [0.25, 0.3) is 11.7 Å². The Labute approximate surface area is 145 Å². The van der Waals surface area contributed by atoms with Gasteiger partial charge >= 0.3 is 0 Å². The molecule has 5 nitrogen and oxygen atoms in total. The molecule has 24 heavy (non-hydrogen) atoms. The molecule has 0 unspecified atom stereocenters. The minimum atomic E-state index is 0.232. The molecule has 2 aliphatic rings. The molecule has 0 bridgehead atoms. The summed E-state index contributed by atoms with van der Waals surface area (Å²) in [6.07, 6.45) is 5.66. The topological polar surface area (TPSA) is 50.9 Å². The van der Waals surface area contributed by atoms with Crippen molar-refractivity contribution >= 4 is 11.7 Å². The Morgan fingerprint density at radius 3 is 2.79 bits per heavy atom. The van der Waals surface area contributed by atoms with Crippen LogP contribution in [0.2, 0.25) is 0 Å². The third kappa shape index (κ3) is 4.26. The van der Waals surface area contributed by atoms with Gasteiger partial charge in [-0.05, 0) is 24.3 Å². The highest BCUT2D eigenvalue weighted by molar-refractivity contribution is 5.77. The van der Waals surface area contributed by atoms with E-state index in [2.05, 4.69) is 41.2 Å². The van der Waals surface area contributed by atoms with Crippen molar-refractivity contribution in [2.24, 2.45) is 11.8 Å². The van der Waals surface area contributed by atoms with Gasteiger partial charge in [-0.15, -0.1) is 0 Å². The molecule has 0 spiro atoms. The first kappa shape index (κ1) is 17.2. The second-order valence-electron chi connectivity index (χ2n) is 7.60. The van der Waals surface area contributed by atoms with E-state index >= 15 is 0 Å². The number of quaternary nitrogens is 1. The fraction of sp³-hybridized carbons (Fsp3) is 0.684. The first-order chi connectivity index (χ1) is 11.6. The van der Waals surface area contributed by atoms with E-state index in [4.69, 9.17) is 0 Å². The van der Waals surface area contributed by atoms with Gasteiger partial charge in [0.2, 0.25) is 0 Å². The Kier molecular flexibility index (Phi) is 5.72. The Morgan fingerprint density at radius 2 is 2.08 bits per heavy atom. The van der Waals surface area contributed by atoms with Gasteiger partial charge < -0.3 is 10.2 Å². The number of aromatic nitrogens is 1. The molecule has 0 aromatic carbocycles. The SMILES string of the molecule is C[C@@H]1[C@H](C)CCC[C@@H]1NC(=O)C[NH+]1CCN(c2cccc[nH+]2)CC1. The Balaban J connectivity index is 1.43. The van der Waals surface area contributed by atoms with Crippen LogP contribution in [0.5, 0.6) is 0 Å². The van der Waals surface area contributed by atoms with E-state index in [0.29, 0.717) is 18.5 Å². The highest BCUT2D eigenvalue weighted by Gasteiger charge is 2.31. The molecule has 3 atom stereocenters. The number of nitrogens with zero attached hydrogens (tertiary/aromatic N) is 1. The first-order valence-electron chi connectivity index (χ1n) is 9.48. The van der Waals surface area contributed by atoms with Gasteiger partial charge in [0.15, 0.2) is 6.54 Å². The molecule has 1 aromatic rings. The van der Waals surface area contributed by atoms with Crippen LogP contribution in [0.3, 0.4) is 0 Å². The fourth-order valence-electron chi connectivity index (χ4n) is 4.09. The number of carbonyl (C=O) groups excluding carboxylic acids is 1. The van der Waals surface area contributed by atoms with E-state index in [1.165, 1.54) is 23.6 Å². The minimum absolute atomic E-state index is 0.232. The predicted molar refractivity (Wildman–Crippen MR) is 94.9 cm³/mol. The molecule has 1 aliphatic carbocycles. The molecule has 1 amide bonds. The summed E-state index contributed by atoms with van der Waals surface area (Å²) in [5.41, 5.74) is 0. The number of rotatable bonds is 4. The predicted octanol–water partition coefficient (Wildman–Crippen LogP) is 0.147. The summed E-state index contributed by atoms with van der Waals surface area (Å²) < 4.78 is 0. The zero-order chi connectivity index (χ0) is 16.9. The van der Waals surface area contributed by atoms with Gasteiger partial charge in [-0.3, -0.25) is 9.69 Å². The lowest BCUT2D eigenvalue weighted by Gasteiger charge is -2.35. The number of hydrogen-bond acceptors (Lipinski definition) is 2. The maximum atomic E-state index is 12.4. The largest absolute Gasteiger partial charge is 0.348 e. The lowest BCUT2D eigenvalue weighted by atomic mass is 9.78. The molecule has 0 radical (unpaired) electrons. The van der Waals surface area contributed by atoms with Gasteiger partial charge in [0, 0.05) is 12.1 Å². The normalized spacial score (nSPS) is 28.6. The average Bonchev–Trinajstić information content (AvgIpc) is 2.60. The van der Waals surface area contributed by atoms with Crippen LogP contribution < -0.4 is 20.1 Å². The molecule has 1 saturated heterocycles. The van der Waals surface area contributed by atoms with Crippen LogP contribution in [0.15, 0.2) is 24.4 Å². The Bertz CT molecular complexity index is 527. The van der Waals surface area contributed by atoms with Crippen molar-refractivity contribution in [2.45, 2.75) is 39.2 Å². The van der Waals surface area contributed by atoms with Crippen molar-refractivity contribution in [3.05, 3.63) is 24.4 Å². The standard InChI is InChI=1S/C19H30N4O/c1-15-6-5-7-17(16(15)2)21-19(24)14-22-10-12-23(13-11-22)18-8-3-4-9-20-18/h3-4,8-9,15-17H,5-7,10-14H2,1-2H3,(H,21,24)/p+2/t15-,16-,17+/m1/s1. The second-order valence-corrected chi connectivity index (χ2v) is 7.60. The van der Waals surface area contributed by atoms with E-state index < -0.39 is 0 Å². The number of carbonyl (C=O) groups is 1. The lowest BCUT2D eigenvalue weighted by molar-refractivity contribution is -0.892. The summed E-state index contributed by atoms with van der Waals surface area (Å²) in [6, 6.07) is 6.55. The minimum Gasteiger partial charge on any atom is -0.348 e. The number of piperazine rings is 1. The fourth-order valence-corrected chi connectivity index (χ4v) is 4.09. The highest BCUT2D eigenvalue weighted by atomic mass is 16.2. The zero-order valence-corrected chi connectivity index (χ0v) is 15.1. The molecule has 5 heteroatoms.